The number of aromatic nitrogens is 1. The maximum atomic E-state index is 13.4. The summed E-state index contributed by atoms with van der Waals surface area (Å²) in [5.74, 6) is -1.40. The summed E-state index contributed by atoms with van der Waals surface area (Å²) in [6, 6.07) is 20.5. The van der Waals surface area contributed by atoms with E-state index in [4.69, 9.17) is 5.73 Å². The number of nitrogens with zero attached hydrogens (tertiary/aromatic N) is 2. The number of aliphatic imine (C=N–C) groups is 1. The van der Waals surface area contributed by atoms with Crippen molar-refractivity contribution < 1.29 is 14.7 Å². The van der Waals surface area contributed by atoms with Gasteiger partial charge in [-0.2, -0.15) is 0 Å². The number of carbonyl (C=O) groups excluding carboxylic acids is 1. The number of aliphatic carboxylic acids is 1. The normalized spacial score (nSPS) is 12.3. The lowest BCUT2D eigenvalue weighted by molar-refractivity contribution is -0.139. The van der Waals surface area contributed by atoms with E-state index in [0.29, 0.717) is 25.2 Å². The first-order chi connectivity index (χ1) is 16.9. The van der Waals surface area contributed by atoms with Crippen molar-refractivity contribution in [3.05, 3.63) is 106 Å². The molecule has 4 N–H and O–H groups in total. The lowest BCUT2D eigenvalue weighted by Crippen LogP contribution is -2.43. The highest BCUT2D eigenvalue weighted by Gasteiger charge is 2.24. The molecule has 8 nitrogen and oxygen atoms in total. The second kappa shape index (κ2) is 12.3. The Bertz CT molecular complexity index is 1180. The van der Waals surface area contributed by atoms with Crippen molar-refractivity contribution in [2.75, 3.05) is 6.54 Å². The second-order valence-electron chi connectivity index (χ2n) is 8.24. The number of hydrogen-bond acceptors (Lipinski definition) is 4. The van der Waals surface area contributed by atoms with E-state index >= 15 is 0 Å². The molecule has 0 radical (unpaired) electrons. The van der Waals surface area contributed by atoms with Crippen molar-refractivity contribution in [2.45, 2.75) is 38.3 Å². The van der Waals surface area contributed by atoms with Crippen LogP contribution >= 0.6 is 0 Å². The summed E-state index contributed by atoms with van der Waals surface area (Å²) in [4.78, 5) is 42.2. The molecule has 3 aromatic rings. The zero-order chi connectivity index (χ0) is 25.2. The molecular weight excluding hydrogens is 444 g/mol. The third-order valence-corrected chi connectivity index (χ3v) is 5.59. The molecule has 1 aromatic heterocycles. The summed E-state index contributed by atoms with van der Waals surface area (Å²) in [7, 11) is 0. The predicted molar refractivity (Wildman–Crippen MR) is 136 cm³/mol. The predicted octanol–water partition coefficient (Wildman–Crippen LogP) is 3.22. The Labute approximate surface area is 204 Å². The molecule has 0 saturated carbocycles. The number of carboxylic acid groups (broad SMARTS) is 1. The van der Waals surface area contributed by atoms with Crippen LogP contribution in [0.5, 0.6) is 0 Å². The maximum Gasteiger partial charge on any atom is 0.326 e. The molecule has 0 saturated heterocycles. The number of pyridine rings is 1. The van der Waals surface area contributed by atoms with Gasteiger partial charge in [0.25, 0.3) is 11.5 Å². The van der Waals surface area contributed by atoms with Crippen LogP contribution in [-0.4, -0.2) is 40.0 Å². The second-order valence-corrected chi connectivity index (χ2v) is 8.24. The summed E-state index contributed by atoms with van der Waals surface area (Å²) in [6.07, 6.45) is 3.04. The minimum atomic E-state index is -1.15. The van der Waals surface area contributed by atoms with Gasteiger partial charge in [0.05, 0.1) is 11.9 Å². The molecule has 0 fully saturated rings. The van der Waals surface area contributed by atoms with E-state index in [9.17, 15) is 19.5 Å². The number of amides is 1. The van der Waals surface area contributed by atoms with E-state index < -0.39 is 29.5 Å². The van der Waals surface area contributed by atoms with Gasteiger partial charge in [-0.3, -0.25) is 14.6 Å². The van der Waals surface area contributed by atoms with E-state index in [1.165, 1.54) is 10.6 Å². The molecule has 1 heterocycles. The van der Waals surface area contributed by atoms with Crippen molar-refractivity contribution >= 4 is 17.7 Å². The Morgan fingerprint density at radius 3 is 2.11 bits per heavy atom. The number of nitrogens with two attached hydrogens (primary N) is 1. The number of amidine groups is 1. The van der Waals surface area contributed by atoms with Crippen LogP contribution in [-0.2, 0) is 4.79 Å². The van der Waals surface area contributed by atoms with Crippen LogP contribution in [0.15, 0.2) is 88.8 Å². The summed E-state index contributed by atoms with van der Waals surface area (Å²) in [5, 5.41) is 12.1. The Morgan fingerprint density at radius 1 is 0.971 bits per heavy atom. The van der Waals surface area contributed by atoms with E-state index in [0.717, 1.165) is 11.1 Å². The number of unbranched alkanes of at least 4 members (excludes halogenated alkanes) is 1. The highest BCUT2D eigenvalue weighted by Crippen LogP contribution is 2.25. The van der Waals surface area contributed by atoms with Crippen LogP contribution < -0.4 is 16.6 Å². The SMILES string of the molecule is CC(N)=NCCCC[C@H](NC(=O)c1cccn(C(c2ccccc2)c2ccccc2)c1=O)C(=O)O. The number of nitrogens with one attached hydrogen (secondary N) is 1. The molecule has 0 aliphatic heterocycles. The molecule has 0 aliphatic rings. The van der Waals surface area contributed by atoms with Crippen LogP contribution in [0.2, 0.25) is 0 Å². The first kappa shape index (κ1) is 25.4. The zero-order valence-electron chi connectivity index (χ0n) is 19.6. The number of rotatable bonds is 11. The molecule has 0 bridgehead atoms. The van der Waals surface area contributed by atoms with E-state index in [1.54, 1.807) is 19.2 Å². The monoisotopic (exact) mass is 474 g/mol. The molecular formula is C27H30N4O4. The lowest BCUT2D eigenvalue weighted by atomic mass is 9.98. The van der Waals surface area contributed by atoms with Crippen molar-refractivity contribution in [3.8, 4) is 0 Å². The van der Waals surface area contributed by atoms with Crippen molar-refractivity contribution in [3.63, 3.8) is 0 Å². The van der Waals surface area contributed by atoms with Crippen LogP contribution in [0.1, 0.15) is 53.7 Å². The standard InChI is InChI=1S/C27H30N4O4/c1-19(28)29-17-9-8-16-23(27(34)35)30-25(32)22-15-10-18-31(26(22)33)24(20-11-4-2-5-12-20)21-13-6-3-7-14-21/h2-7,10-15,18,23-24H,8-9,16-17H2,1H3,(H2,28,29)(H,30,32)(H,34,35)/t23-/m0/s1. The molecule has 1 amide bonds. The average molecular weight is 475 g/mol. The third kappa shape index (κ3) is 6.89. The Hall–Kier alpha value is -4.20. The molecule has 182 valence electrons. The molecule has 3 rings (SSSR count). The van der Waals surface area contributed by atoms with Crippen LogP contribution in [0.4, 0.5) is 0 Å². The summed E-state index contributed by atoms with van der Waals surface area (Å²) < 4.78 is 1.50. The minimum Gasteiger partial charge on any atom is -0.480 e. The van der Waals surface area contributed by atoms with E-state index in [1.807, 2.05) is 60.7 Å². The summed E-state index contributed by atoms with van der Waals surface area (Å²) in [6.45, 7) is 2.18. The first-order valence-electron chi connectivity index (χ1n) is 11.5. The third-order valence-electron chi connectivity index (χ3n) is 5.59. The van der Waals surface area contributed by atoms with Crippen LogP contribution in [0.3, 0.4) is 0 Å². The molecule has 0 spiro atoms. The largest absolute Gasteiger partial charge is 0.480 e. The van der Waals surface area contributed by atoms with Gasteiger partial charge in [-0.1, -0.05) is 60.7 Å². The molecule has 1 atom stereocenters. The number of benzene rings is 2. The van der Waals surface area contributed by atoms with Gasteiger partial charge in [0.2, 0.25) is 0 Å². The summed E-state index contributed by atoms with van der Waals surface area (Å²) in [5.41, 5.74) is 6.66. The van der Waals surface area contributed by atoms with Crippen LogP contribution in [0.25, 0.3) is 0 Å². The number of carbonyl (C=O) groups is 2. The molecule has 0 unspecified atom stereocenters. The maximum absolute atomic E-state index is 13.4. The summed E-state index contributed by atoms with van der Waals surface area (Å²) >= 11 is 0. The van der Waals surface area contributed by atoms with Crippen LogP contribution in [0, 0.1) is 0 Å². The highest BCUT2D eigenvalue weighted by atomic mass is 16.4. The van der Waals surface area contributed by atoms with Crippen molar-refractivity contribution in [2.24, 2.45) is 10.7 Å². The van der Waals surface area contributed by atoms with Gasteiger partial charge in [0, 0.05) is 12.7 Å². The topological polar surface area (TPSA) is 127 Å². The van der Waals surface area contributed by atoms with Gasteiger partial charge in [-0.05, 0) is 49.4 Å². The van der Waals surface area contributed by atoms with Gasteiger partial charge in [0.1, 0.15) is 11.6 Å². The quantitative estimate of drug-likeness (QED) is 0.223. The minimum absolute atomic E-state index is 0.112. The fourth-order valence-electron chi connectivity index (χ4n) is 3.88. The molecule has 35 heavy (non-hydrogen) atoms. The fraction of sp³-hybridized carbons (Fsp3) is 0.259. The van der Waals surface area contributed by atoms with Gasteiger partial charge in [-0.15, -0.1) is 0 Å². The Morgan fingerprint density at radius 2 is 1.57 bits per heavy atom. The lowest BCUT2D eigenvalue weighted by Gasteiger charge is -2.22. The number of carboxylic acids is 1. The first-order valence-corrected chi connectivity index (χ1v) is 11.5. The Balaban J connectivity index is 1.85. The number of hydrogen-bond donors (Lipinski definition) is 3. The molecule has 0 aliphatic carbocycles. The van der Waals surface area contributed by atoms with E-state index in [-0.39, 0.29) is 12.0 Å². The van der Waals surface area contributed by atoms with E-state index in [2.05, 4.69) is 10.3 Å². The van der Waals surface area contributed by atoms with Crippen molar-refractivity contribution in [1.29, 1.82) is 0 Å². The highest BCUT2D eigenvalue weighted by molar-refractivity contribution is 5.96. The van der Waals surface area contributed by atoms with Gasteiger partial charge in [-0.25, -0.2) is 4.79 Å². The molecule has 8 heteroatoms. The average Bonchev–Trinajstić information content (AvgIpc) is 2.85. The Kier molecular flexibility index (Phi) is 8.95. The van der Waals surface area contributed by atoms with Gasteiger partial charge >= 0.3 is 5.97 Å². The fourth-order valence-corrected chi connectivity index (χ4v) is 3.88. The molecule has 2 aromatic carbocycles. The smallest absolute Gasteiger partial charge is 0.326 e. The van der Waals surface area contributed by atoms with Gasteiger partial charge in [0.15, 0.2) is 0 Å². The van der Waals surface area contributed by atoms with Crippen molar-refractivity contribution in [1.82, 2.24) is 9.88 Å². The van der Waals surface area contributed by atoms with Gasteiger partial charge < -0.3 is 20.7 Å². The zero-order valence-corrected chi connectivity index (χ0v) is 19.6.